The van der Waals surface area contributed by atoms with Gasteiger partial charge in [-0.15, -0.1) is 0 Å². The van der Waals surface area contributed by atoms with Crippen LogP contribution < -0.4 is 15.8 Å². The number of imide groups is 1. The zero-order valence-corrected chi connectivity index (χ0v) is 27.0. The summed E-state index contributed by atoms with van der Waals surface area (Å²) >= 11 is 3.44. The highest BCUT2D eigenvalue weighted by atomic mass is 79.9. The fourth-order valence-electron chi connectivity index (χ4n) is 5.16. The summed E-state index contributed by atoms with van der Waals surface area (Å²) in [6.07, 6.45) is 2.38. The Morgan fingerprint density at radius 3 is 2.07 bits per heavy atom. The van der Waals surface area contributed by atoms with Crippen molar-refractivity contribution in [2.24, 2.45) is 11.7 Å². The first-order chi connectivity index (χ1) is 21.5. The number of carbonyl (C=O) groups excluding carboxylic acids is 5. The lowest BCUT2D eigenvalue weighted by Crippen LogP contribution is -2.44. The van der Waals surface area contributed by atoms with Crippen LogP contribution in [0.2, 0.25) is 0 Å². The molecule has 45 heavy (non-hydrogen) atoms. The number of amides is 3. The van der Waals surface area contributed by atoms with Crippen molar-refractivity contribution in [1.29, 1.82) is 0 Å². The molecule has 3 aromatic carbocycles. The molecule has 9 nitrogen and oxygen atoms in total. The number of hydrogen-bond donors (Lipinski definition) is 2. The lowest BCUT2D eigenvalue weighted by atomic mass is 9.95. The number of benzene rings is 3. The van der Waals surface area contributed by atoms with Gasteiger partial charge in [0.1, 0.15) is 11.8 Å². The number of halogens is 1. The quantitative estimate of drug-likeness (QED) is 0.0571. The summed E-state index contributed by atoms with van der Waals surface area (Å²) in [5.41, 5.74) is 8.16. The lowest BCUT2D eigenvalue weighted by Gasteiger charge is -2.22. The molecule has 0 spiro atoms. The van der Waals surface area contributed by atoms with Gasteiger partial charge in [0.25, 0.3) is 11.8 Å². The van der Waals surface area contributed by atoms with E-state index < -0.39 is 22.9 Å². The molecule has 1 aliphatic heterocycles. The van der Waals surface area contributed by atoms with Gasteiger partial charge in [0, 0.05) is 12.1 Å². The minimum atomic E-state index is -0.834. The van der Waals surface area contributed by atoms with Crippen molar-refractivity contribution in [3.8, 4) is 5.75 Å². The number of nitrogens with zero attached hydrogens (tertiary/aromatic N) is 1. The molecular weight excluding hydrogens is 638 g/mol. The zero-order valence-electron chi connectivity index (χ0n) is 25.4. The average molecular weight is 677 g/mol. The van der Waals surface area contributed by atoms with Crippen molar-refractivity contribution in [2.75, 3.05) is 6.54 Å². The summed E-state index contributed by atoms with van der Waals surface area (Å²) in [5.74, 6) is -1.32. The van der Waals surface area contributed by atoms with Gasteiger partial charge >= 0.3 is 5.97 Å². The second-order valence-electron chi connectivity index (χ2n) is 11.6. The molecule has 3 amide bonds. The Morgan fingerprint density at radius 2 is 1.47 bits per heavy atom. The van der Waals surface area contributed by atoms with Crippen LogP contribution in [0.5, 0.6) is 5.75 Å². The summed E-state index contributed by atoms with van der Waals surface area (Å²) in [4.78, 5) is 64.8. The number of Topliss-reactive ketones (excluding diaryl/α,β-unsaturated/α-hetero) is 1. The van der Waals surface area contributed by atoms with Crippen LogP contribution >= 0.6 is 15.9 Å². The fraction of sp³-hybridized carbons (Fsp3) is 0.343. The SMILES string of the molecule is CC(C)CC(NC(=O)C(Br)CCCCN1C(=O)c2ccccc2C1=O)C(=O)c1ccc(OC(=O)[C@@H](N)Cc2ccccc2)cc1. The Balaban J connectivity index is 1.26. The maximum atomic E-state index is 13.4. The van der Waals surface area contributed by atoms with E-state index >= 15 is 0 Å². The molecule has 236 valence electrons. The van der Waals surface area contributed by atoms with Gasteiger partial charge in [-0.25, -0.2) is 4.79 Å². The molecule has 3 aromatic rings. The predicted octanol–water partition coefficient (Wildman–Crippen LogP) is 5.11. The van der Waals surface area contributed by atoms with Gasteiger partial charge in [-0.05, 0) is 73.6 Å². The van der Waals surface area contributed by atoms with Gasteiger partial charge in [-0.3, -0.25) is 24.1 Å². The number of hydrogen-bond acceptors (Lipinski definition) is 7. The van der Waals surface area contributed by atoms with E-state index in [1.807, 2.05) is 44.2 Å². The normalized spacial score (nSPS) is 14.6. The molecule has 10 heteroatoms. The molecule has 1 aliphatic rings. The standard InChI is InChI=1S/C35H38BrN3O6/c1-22(2)20-30(31(40)24-15-17-25(18-16-24)45-35(44)29(37)21-23-10-4-3-5-11-23)38-32(41)28(36)14-8-9-19-39-33(42)26-12-6-7-13-27(26)34(39)43/h3-7,10-13,15-18,22,28-30H,8-9,14,19-21,37H2,1-2H3,(H,38,41)/t28?,29-,30?/m0/s1. The van der Waals surface area contributed by atoms with Crippen molar-refractivity contribution < 1.29 is 28.7 Å². The molecule has 0 aromatic heterocycles. The maximum absolute atomic E-state index is 13.4. The van der Waals surface area contributed by atoms with Crippen LogP contribution in [0.4, 0.5) is 0 Å². The van der Waals surface area contributed by atoms with E-state index in [0.29, 0.717) is 48.8 Å². The van der Waals surface area contributed by atoms with Gasteiger partial charge in [-0.2, -0.15) is 0 Å². The Labute approximate surface area is 271 Å². The van der Waals surface area contributed by atoms with Crippen molar-refractivity contribution >= 4 is 45.4 Å². The van der Waals surface area contributed by atoms with E-state index in [4.69, 9.17) is 10.5 Å². The van der Waals surface area contributed by atoms with Crippen LogP contribution in [0.25, 0.3) is 0 Å². The molecule has 0 saturated carbocycles. The first-order valence-corrected chi connectivity index (χ1v) is 16.0. The molecule has 4 rings (SSSR count). The number of nitrogens with one attached hydrogen (secondary N) is 1. The number of ketones is 1. The highest BCUT2D eigenvalue weighted by Gasteiger charge is 2.34. The van der Waals surface area contributed by atoms with Crippen LogP contribution in [0.1, 0.15) is 76.2 Å². The molecule has 0 radical (unpaired) electrons. The number of nitrogens with two attached hydrogens (primary N) is 1. The number of unbranched alkanes of at least 4 members (excludes halogenated alkanes) is 1. The number of esters is 1. The van der Waals surface area contributed by atoms with Gasteiger partial charge in [0.15, 0.2) is 5.78 Å². The van der Waals surface area contributed by atoms with Crippen LogP contribution in [-0.2, 0) is 16.0 Å². The van der Waals surface area contributed by atoms with Crippen LogP contribution in [0, 0.1) is 5.92 Å². The molecule has 1 heterocycles. The second-order valence-corrected chi connectivity index (χ2v) is 12.7. The highest BCUT2D eigenvalue weighted by molar-refractivity contribution is 9.10. The monoisotopic (exact) mass is 675 g/mol. The van der Waals surface area contributed by atoms with Crippen LogP contribution in [0.15, 0.2) is 78.9 Å². The predicted molar refractivity (Wildman–Crippen MR) is 174 cm³/mol. The smallest absolute Gasteiger partial charge is 0.328 e. The minimum absolute atomic E-state index is 0.138. The first-order valence-electron chi connectivity index (χ1n) is 15.1. The molecular formula is C35H38BrN3O6. The topological polar surface area (TPSA) is 136 Å². The number of ether oxygens (including phenoxy) is 1. The number of fused-ring (bicyclic) bond motifs is 1. The molecule has 0 fully saturated rings. The van der Waals surface area contributed by atoms with E-state index in [1.165, 1.54) is 17.0 Å². The fourth-order valence-corrected chi connectivity index (χ4v) is 5.62. The highest BCUT2D eigenvalue weighted by Crippen LogP contribution is 2.23. The Kier molecular flexibility index (Phi) is 11.8. The molecule has 0 bridgehead atoms. The van der Waals surface area contributed by atoms with E-state index in [1.54, 1.807) is 36.4 Å². The average Bonchev–Trinajstić information content (AvgIpc) is 3.27. The Bertz CT molecular complexity index is 1490. The maximum Gasteiger partial charge on any atom is 0.328 e. The third-order valence-corrected chi connectivity index (χ3v) is 8.42. The number of alkyl halides is 1. The third kappa shape index (κ3) is 8.95. The summed E-state index contributed by atoms with van der Waals surface area (Å²) in [5, 5.41) is 2.88. The van der Waals surface area contributed by atoms with Crippen LogP contribution in [-0.4, -0.2) is 57.8 Å². The lowest BCUT2D eigenvalue weighted by molar-refractivity contribution is -0.135. The van der Waals surface area contributed by atoms with Gasteiger partial charge in [0.2, 0.25) is 5.91 Å². The van der Waals surface area contributed by atoms with Gasteiger partial charge in [-0.1, -0.05) is 78.7 Å². The second kappa shape index (κ2) is 15.7. The van der Waals surface area contributed by atoms with Crippen molar-refractivity contribution in [1.82, 2.24) is 10.2 Å². The molecule has 0 aliphatic carbocycles. The Morgan fingerprint density at radius 1 is 0.867 bits per heavy atom. The van der Waals surface area contributed by atoms with E-state index in [0.717, 1.165) is 5.56 Å². The van der Waals surface area contributed by atoms with E-state index in [-0.39, 0.29) is 41.7 Å². The molecule has 3 atom stereocenters. The van der Waals surface area contributed by atoms with Crippen LogP contribution in [0.3, 0.4) is 0 Å². The number of carbonyl (C=O) groups is 5. The van der Waals surface area contributed by atoms with Crippen molar-refractivity contribution in [3.63, 3.8) is 0 Å². The number of rotatable bonds is 15. The summed E-state index contributed by atoms with van der Waals surface area (Å²) < 4.78 is 5.42. The third-order valence-electron chi connectivity index (χ3n) is 7.55. The van der Waals surface area contributed by atoms with Gasteiger partial charge in [0.05, 0.1) is 22.0 Å². The summed E-state index contributed by atoms with van der Waals surface area (Å²) in [6, 6.07) is 20.8. The first kappa shape index (κ1) is 33.7. The van der Waals surface area contributed by atoms with Crippen molar-refractivity contribution in [3.05, 3.63) is 101 Å². The van der Waals surface area contributed by atoms with Gasteiger partial charge < -0.3 is 15.8 Å². The van der Waals surface area contributed by atoms with Crippen molar-refractivity contribution in [2.45, 2.75) is 62.9 Å². The summed E-state index contributed by atoms with van der Waals surface area (Å²) in [6.45, 7) is 4.21. The largest absolute Gasteiger partial charge is 0.425 e. The molecule has 0 saturated heterocycles. The Hall–Kier alpha value is -4.15. The minimum Gasteiger partial charge on any atom is -0.425 e. The summed E-state index contributed by atoms with van der Waals surface area (Å²) in [7, 11) is 0. The molecule has 2 unspecified atom stereocenters. The molecule has 3 N–H and O–H groups in total. The van der Waals surface area contributed by atoms with E-state index in [9.17, 15) is 24.0 Å². The van der Waals surface area contributed by atoms with E-state index in [2.05, 4.69) is 21.2 Å². The zero-order chi connectivity index (χ0) is 32.5.